The summed E-state index contributed by atoms with van der Waals surface area (Å²) in [6, 6.07) is 11.5. The van der Waals surface area contributed by atoms with E-state index in [-0.39, 0.29) is 5.82 Å². The van der Waals surface area contributed by atoms with Gasteiger partial charge in [0, 0.05) is 23.2 Å². The summed E-state index contributed by atoms with van der Waals surface area (Å²) >= 11 is 3.49. The van der Waals surface area contributed by atoms with Crippen molar-refractivity contribution in [2.24, 2.45) is 0 Å². The number of nitrogens with zero attached hydrogens (tertiary/aromatic N) is 1. The van der Waals surface area contributed by atoms with Gasteiger partial charge in [0.25, 0.3) is 0 Å². The predicted octanol–water partition coefficient (Wildman–Crippen LogP) is 4.72. The third kappa shape index (κ3) is 2.27. The lowest BCUT2D eigenvalue weighted by atomic mass is 10.1. The lowest BCUT2D eigenvalue weighted by molar-refractivity contribution is 0.628. The molecule has 0 N–H and O–H groups in total. The summed E-state index contributed by atoms with van der Waals surface area (Å²) in [5, 5.41) is 0.865. The second-order valence-corrected chi connectivity index (χ2v) is 5.48. The summed E-state index contributed by atoms with van der Waals surface area (Å²) in [6.07, 6.45) is 0.981. The molecule has 3 rings (SSSR count). The van der Waals surface area contributed by atoms with Crippen LogP contribution in [0, 0.1) is 12.7 Å². The number of benzene rings is 2. The van der Waals surface area contributed by atoms with Crippen LogP contribution in [0.2, 0.25) is 0 Å². The maximum Gasteiger partial charge on any atom is 0.125 e. The van der Waals surface area contributed by atoms with Crippen molar-refractivity contribution in [2.75, 3.05) is 11.4 Å². The molecule has 1 nitrogen and oxygen atoms in total. The minimum Gasteiger partial charge on any atom is -0.341 e. The molecule has 2 aromatic carbocycles. The monoisotopic (exact) mass is 319 g/mol. The second-order valence-electron chi connectivity index (χ2n) is 4.92. The molecule has 0 aromatic heterocycles. The van der Waals surface area contributed by atoms with Crippen molar-refractivity contribution in [3.8, 4) is 0 Å². The van der Waals surface area contributed by atoms with Crippen LogP contribution in [0.5, 0.6) is 0 Å². The first kappa shape index (κ1) is 12.7. The van der Waals surface area contributed by atoms with Gasteiger partial charge < -0.3 is 4.90 Å². The van der Waals surface area contributed by atoms with Gasteiger partial charge in [-0.3, -0.25) is 0 Å². The van der Waals surface area contributed by atoms with Crippen LogP contribution < -0.4 is 4.90 Å². The second kappa shape index (κ2) is 4.97. The third-order valence-corrected chi connectivity index (χ3v) is 4.33. The standard InChI is InChI=1S/C16H15BrFN/c1-11-8-15(5-3-13(11)10-17)19-7-6-12-2-4-14(18)9-16(12)19/h2-5,8-9H,6-7,10H2,1H3. The number of hydrogen-bond donors (Lipinski definition) is 0. The van der Waals surface area contributed by atoms with Gasteiger partial charge in [-0.05, 0) is 54.3 Å². The van der Waals surface area contributed by atoms with Crippen LogP contribution in [0.4, 0.5) is 15.8 Å². The van der Waals surface area contributed by atoms with Gasteiger partial charge in [-0.25, -0.2) is 4.39 Å². The molecule has 0 amide bonds. The molecule has 0 spiro atoms. The Morgan fingerprint density at radius 3 is 2.79 bits per heavy atom. The molecule has 1 aliphatic rings. The van der Waals surface area contributed by atoms with Crippen LogP contribution in [0.15, 0.2) is 36.4 Å². The molecule has 2 aromatic rings. The zero-order valence-corrected chi connectivity index (χ0v) is 12.4. The van der Waals surface area contributed by atoms with E-state index in [0.717, 1.165) is 29.7 Å². The van der Waals surface area contributed by atoms with Crippen molar-refractivity contribution >= 4 is 27.3 Å². The lowest BCUT2D eigenvalue weighted by Gasteiger charge is -2.21. The summed E-state index contributed by atoms with van der Waals surface area (Å²) in [5.41, 5.74) is 5.93. The Morgan fingerprint density at radius 1 is 1.21 bits per heavy atom. The molecule has 0 saturated heterocycles. The highest BCUT2D eigenvalue weighted by molar-refractivity contribution is 9.08. The van der Waals surface area contributed by atoms with Crippen LogP contribution in [0.3, 0.4) is 0 Å². The van der Waals surface area contributed by atoms with Gasteiger partial charge in [0.2, 0.25) is 0 Å². The van der Waals surface area contributed by atoms with Crippen LogP contribution in [0.1, 0.15) is 16.7 Å². The average Bonchev–Trinajstić information content (AvgIpc) is 2.81. The number of alkyl halides is 1. The Kier molecular flexibility index (Phi) is 3.31. The van der Waals surface area contributed by atoms with E-state index in [0.29, 0.717) is 0 Å². The van der Waals surface area contributed by atoms with E-state index in [9.17, 15) is 4.39 Å². The van der Waals surface area contributed by atoms with Crippen LogP contribution in [0.25, 0.3) is 0 Å². The number of hydrogen-bond acceptors (Lipinski definition) is 1. The van der Waals surface area contributed by atoms with E-state index >= 15 is 0 Å². The van der Waals surface area contributed by atoms with E-state index in [1.165, 1.54) is 16.7 Å². The first-order valence-corrected chi connectivity index (χ1v) is 7.52. The summed E-state index contributed by atoms with van der Waals surface area (Å²) in [4.78, 5) is 2.20. The highest BCUT2D eigenvalue weighted by Crippen LogP contribution is 2.35. The first-order chi connectivity index (χ1) is 9.19. The molecule has 0 saturated carbocycles. The highest BCUT2D eigenvalue weighted by Gasteiger charge is 2.21. The number of halogens is 2. The van der Waals surface area contributed by atoms with Crippen LogP contribution in [-0.4, -0.2) is 6.54 Å². The Hall–Kier alpha value is -1.35. The summed E-state index contributed by atoms with van der Waals surface area (Å²) in [6.45, 7) is 3.04. The zero-order chi connectivity index (χ0) is 13.4. The molecule has 19 heavy (non-hydrogen) atoms. The molecule has 0 aliphatic carbocycles. The summed E-state index contributed by atoms with van der Waals surface area (Å²) in [5.74, 6) is -0.167. The maximum atomic E-state index is 13.4. The van der Waals surface area contributed by atoms with Crippen molar-refractivity contribution in [3.63, 3.8) is 0 Å². The van der Waals surface area contributed by atoms with Crippen LogP contribution >= 0.6 is 15.9 Å². The fourth-order valence-corrected chi connectivity index (χ4v) is 3.25. The van der Waals surface area contributed by atoms with Crippen molar-refractivity contribution in [3.05, 3.63) is 58.9 Å². The van der Waals surface area contributed by atoms with Crippen molar-refractivity contribution in [1.82, 2.24) is 0 Å². The van der Waals surface area contributed by atoms with Crippen molar-refractivity contribution < 1.29 is 4.39 Å². The minimum absolute atomic E-state index is 0.167. The molecular weight excluding hydrogens is 305 g/mol. The van der Waals surface area contributed by atoms with Crippen molar-refractivity contribution in [2.45, 2.75) is 18.7 Å². The highest BCUT2D eigenvalue weighted by atomic mass is 79.9. The molecule has 98 valence electrons. The topological polar surface area (TPSA) is 3.24 Å². The van der Waals surface area contributed by atoms with E-state index in [2.05, 4.69) is 46.0 Å². The van der Waals surface area contributed by atoms with Gasteiger partial charge in [-0.2, -0.15) is 0 Å². The van der Waals surface area contributed by atoms with Gasteiger partial charge in [0.15, 0.2) is 0 Å². The quantitative estimate of drug-likeness (QED) is 0.724. The van der Waals surface area contributed by atoms with Gasteiger partial charge >= 0.3 is 0 Å². The molecule has 3 heteroatoms. The van der Waals surface area contributed by atoms with Gasteiger partial charge in [-0.1, -0.05) is 28.1 Å². The number of anilines is 2. The summed E-state index contributed by atoms with van der Waals surface area (Å²) in [7, 11) is 0. The van der Waals surface area contributed by atoms with E-state index in [1.54, 1.807) is 12.1 Å². The van der Waals surface area contributed by atoms with E-state index in [1.807, 2.05) is 6.07 Å². The van der Waals surface area contributed by atoms with Gasteiger partial charge in [0.1, 0.15) is 5.82 Å². The number of fused-ring (bicyclic) bond motifs is 1. The molecular formula is C16H15BrFN. The Bertz CT molecular complexity index is 624. The Morgan fingerprint density at radius 2 is 2.05 bits per heavy atom. The van der Waals surface area contributed by atoms with Gasteiger partial charge in [-0.15, -0.1) is 0 Å². The van der Waals surface area contributed by atoms with E-state index in [4.69, 9.17) is 0 Å². The smallest absolute Gasteiger partial charge is 0.125 e. The number of aryl methyl sites for hydroxylation is 1. The number of rotatable bonds is 2. The fraction of sp³-hybridized carbons (Fsp3) is 0.250. The van der Waals surface area contributed by atoms with Crippen LogP contribution in [-0.2, 0) is 11.8 Å². The maximum absolute atomic E-state index is 13.4. The molecule has 0 radical (unpaired) electrons. The molecule has 1 heterocycles. The largest absolute Gasteiger partial charge is 0.341 e. The third-order valence-electron chi connectivity index (χ3n) is 3.72. The normalized spacial score (nSPS) is 13.7. The Labute approximate surface area is 121 Å². The van der Waals surface area contributed by atoms with Crippen molar-refractivity contribution in [1.29, 1.82) is 0 Å². The molecule has 0 atom stereocenters. The molecule has 1 aliphatic heterocycles. The Balaban J connectivity index is 2.01. The van der Waals surface area contributed by atoms with E-state index < -0.39 is 0 Å². The minimum atomic E-state index is -0.167. The fourth-order valence-electron chi connectivity index (χ4n) is 2.62. The predicted molar refractivity (Wildman–Crippen MR) is 80.9 cm³/mol. The first-order valence-electron chi connectivity index (χ1n) is 6.40. The average molecular weight is 320 g/mol. The lowest BCUT2D eigenvalue weighted by Crippen LogP contribution is -2.13. The SMILES string of the molecule is Cc1cc(N2CCc3ccc(F)cc32)ccc1CBr. The molecule has 0 bridgehead atoms. The zero-order valence-electron chi connectivity index (χ0n) is 10.8. The molecule has 0 unspecified atom stereocenters. The van der Waals surface area contributed by atoms with Gasteiger partial charge in [0.05, 0.1) is 0 Å². The molecule has 0 fully saturated rings. The summed E-state index contributed by atoms with van der Waals surface area (Å²) < 4.78 is 13.4.